The third-order valence-electron chi connectivity index (χ3n) is 4.37. The monoisotopic (exact) mass is 300 g/mol. The van der Waals surface area contributed by atoms with Gasteiger partial charge in [0.15, 0.2) is 0 Å². The maximum atomic E-state index is 4.89. The number of thiazole rings is 1. The number of rotatable bonds is 3. The molecule has 0 saturated carbocycles. The summed E-state index contributed by atoms with van der Waals surface area (Å²) in [4.78, 5) is 4.89. The number of hydrogen-bond donors (Lipinski definition) is 1. The van der Waals surface area contributed by atoms with Crippen LogP contribution in [-0.4, -0.2) is 18.1 Å². The summed E-state index contributed by atoms with van der Waals surface area (Å²) in [5.41, 5.74) is 4.39. The Kier molecular flexibility index (Phi) is 3.66. The molecule has 2 nitrogen and oxygen atoms in total. The van der Waals surface area contributed by atoms with E-state index in [-0.39, 0.29) is 10.8 Å². The summed E-state index contributed by atoms with van der Waals surface area (Å²) >= 11 is 1.81. The fraction of sp³-hybridized carbons (Fsp3) is 0.500. The Labute approximate surface area is 131 Å². The number of aryl methyl sites for hydroxylation is 1. The first-order chi connectivity index (χ1) is 9.89. The van der Waals surface area contributed by atoms with Crippen LogP contribution in [0.25, 0.3) is 0 Å². The fourth-order valence-electron chi connectivity index (χ4n) is 2.86. The van der Waals surface area contributed by atoms with Gasteiger partial charge >= 0.3 is 0 Å². The van der Waals surface area contributed by atoms with Crippen molar-refractivity contribution in [3.63, 3.8) is 0 Å². The van der Waals surface area contributed by atoms with Gasteiger partial charge in [-0.3, -0.25) is 0 Å². The summed E-state index contributed by atoms with van der Waals surface area (Å²) in [6.07, 6.45) is 1.05. The van der Waals surface area contributed by atoms with Crippen molar-refractivity contribution in [3.8, 4) is 0 Å². The molecule has 112 valence electrons. The smallest absolute Gasteiger partial charge is 0.0938 e. The van der Waals surface area contributed by atoms with E-state index in [1.54, 1.807) is 0 Å². The molecule has 0 radical (unpaired) electrons. The number of nitrogens with one attached hydrogen (secondary N) is 1. The fourth-order valence-corrected chi connectivity index (χ4v) is 4.02. The van der Waals surface area contributed by atoms with Crippen molar-refractivity contribution >= 4 is 11.3 Å². The molecule has 1 aromatic heterocycles. The van der Waals surface area contributed by atoms with Crippen LogP contribution in [-0.2, 0) is 17.3 Å². The Bertz CT molecular complexity index is 633. The lowest BCUT2D eigenvalue weighted by atomic mass is 9.72. The number of nitrogens with zero attached hydrogens (tertiary/aromatic N) is 1. The molecule has 0 bridgehead atoms. The molecule has 0 atom stereocenters. The van der Waals surface area contributed by atoms with E-state index in [1.165, 1.54) is 21.8 Å². The molecule has 1 saturated heterocycles. The molecular formula is C18H24N2S. The van der Waals surface area contributed by atoms with Gasteiger partial charge in [0.25, 0.3) is 0 Å². The third kappa shape index (κ3) is 2.90. The van der Waals surface area contributed by atoms with Gasteiger partial charge < -0.3 is 5.32 Å². The normalized spacial score (nSPS) is 17.5. The van der Waals surface area contributed by atoms with Crippen LogP contribution in [0.5, 0.6) is 0 Å². The molecule has 1 aliphatic rings. The average Bonchev–Trinajstić information content (AvgIpc) is 2.82. The third-order valence-corrected chi connectivity index (χ3v) is 5.22. The zero-order valence-corrected chi connectivity index (χ0v) is 14.2. The van der Waals surface area contributed by atoms with Gasteiger partial charge in [0.05, 0.1) is 10.7 Å². The van der Waals surface area contributed by atoms with E-state index in [1.807, 2.05) is 11.3 Å². The number of benzene rings is 1. The Balaban J connectivity index is 1.86. The molecule has 1 aliphatic heterocycles. The largest absolute Gasteiger partial charge is 0.315 e. The molecule has 3 heteroatoms. The minimum atomic E-state index is 0.142. The maximum absolute atomic E-state index is 4.89. The lowest BCUT2D eigenvalue weighted by Crippen LogP contribution is -2.58. The highest BCUT2D eigenvalue weighted by molar-refractivity contribution is 7.09. The van der Waals surface area contributed by atoms with Gasteiger partial charge in [0.1, 0.15) is 0 Å². The Morgan fingerprint density at radius 2 is 2.05 bits per heavy atom. The van der Waals surface area contributed by atoms with E-state index in [4.69, 9.17) is 4.98 Å². The molecule has 2 heterocycles. The van der Waals surface area contributed by atoms with Crippen molar-refractivity contribution in [2.45, 2.75) is 44.9 Å². The van der Waals surface area contributed by atoms with Gasteiger partial charge in [-0.05, 0) is 12.5 Å². The van der Waals surface area contributed by atoms with E-state index >= 15 is 0 Å². The van der Waals surface area contributed by atoms with Crippen molar-refractivity contribution in [2.24, 2.45) is 0 Å². The van der Waals surface area contributed by atoms with E-state index in [0.717, 1.165) is 19.5 Å². The molecular weight excluding hydrogens is 276 g/mol. The summed E-state index contributed by atoms with van der Waals surface area (Å²) in [7, 11) is 0. The van der Waals surface area contributed by atoms with Crippen LogP contribution in [0.4, 0.5) is 0 Å². The predicted octanol–water partition coefficient (Wildman–Crippen LogP) is 3.83. The maximum Gasteiger partial charge on any atom is 0.0938 e. The van der Waals surface area contributed by atoms with E-state index < -0.39 is 0 Å². The van der Waals surface area contributed by atoms with Crippen LogP contribution in [0.15, 0.2) is 29.6 Å². The summed E-state index contributed by atoms with van der Waals surface area (Å²) < 4.78 is 0. The van der Waals surface area contributed by atoms with Crippen LogP contribution >= 0.6 is 11.3 Å². The van der Waals surface area contributed by atoms with Gasteiger partial charge in [-0.25, -0.2) is 4.98 Å². The summed E-state index contributed by atoms with van der Waals surface area (Å²) in [5, 5.41) is 6.95. The average molecular weight is 300 g/mol. The highest BCUT2D eigenvalue weighted by Gasteiger charge is 2.39. The SMILES string of the molecule is Cc1cccc(C2(Cc3nc(C(C)(C)C)cs3)CNC2)c1. The summed E-state index contributed by atoms with van der Waals surface area (Å²) in [6, 6.07) is 8.95. The van der Waals surface area contributed by atoms with Gasteiger partial charge in [0, 0.05) is 35.7 Å². The zero-order valence-electron chi connectivity index (χ0n) is 13.4. The summed E-state index contributed by atoms with van der Waals surface area (Å²) in [6.45, 7) is 11.0. The highest BCUT2D eigenvalue weighted by atomic mass is 32.1. The molecule has 21 heavy (non-hydrogen) atoms. The molecule has 1 N–H and O–H groups in total. The minimum absolute atomic E-state index is 0.142. The van der Waals surface area contributed by atoms with E-state index in [2.05, 4.69) is 62.7 Å². The van der Waals surface area contributed by atoms with Crippen molar-refractivity contribution < 1.29 is 0 Å². The van der Waals surface area contributed by atoms with Crippen molar-refractivity contribution in [1.82, 2.24) is 10.3 Å². The van der Waals surface area contributed by atoms with Crippen LogP contribution in [0.1, 0.15) is 42.6 Å². The van der Waals surface area contributed by atoms with Crippen LogP contribution in [0.3, 0.4) is 0 Å². The van der Waals surface area contributed by atoms with Crippen molar-refractivity contribution in [3.05, 3.63) is 51.5 Å². The van der Waals surface area contributed by atoms with Crippen LogP contribution < -0.4 is 5.32 Å². The minimum Gasteiger partial charge on any atom is -0.315 e. The Hall–Kier alpha value is -1.19. The summed E-state index contributed by atoms with van der Waals surface area (Å²) in [5.74, 6) is 0. The van der Waals surface area contributed by atoms with Crippen LogP contribution in [0.2, 0.25) is 0 Å². The molecule has 2 aromatic rings. The second-order valence-electron chi connectivity index (χ2n) is 7.31. The molecule has 1 aromatic carbocycles. The van der Waals surface area contributed by atoms with Crippen molar-refractivity contribution in [1.29, 1.82) is 0 Å². The van der Waals surface area contributed by atoms with Gasteiger partial charge in [-0.15, -0.1) is 11.3 Å². The Morgan fingerprint density at radius 3 is 2.57 bits per heavy atom. The molecule has 1 fully saturated rings. The molecule has 0 amide bonds. The second kappa shape index (κ2) is 5.22. The number of hydrogen-bond acceptors (Lipinski definition) is 3. The first-order valence-electron chi connectivity index (χ1n) is 7.62. The second-order valence-corrected chi connectivity index (χ2v) is 8.25. The zero-order chi connectivity index (χ0) is 15.1. The first-order valence-corrected chi connectivity index (χ1v) is 8.50. The highest BCUT2D eigenvalue weighted by Crippen LogP contribution is 2.35. The first kappa shape index (κ1) is 14.7. The van der Waals surface area contributed by atoms with E-state index in [0.29, 0.717) is 0 Å². The van der Waals surface area contributed by atoms with Crippen molar-refractivity contribution in [2.75, 3.05) is 13.1 Å². The molecule has 3 rings (SSSR count). The lowest BCUT2D eigenvalue weighted by molar-refractivity contribution is 0.274. The molecule has 0 spiro atoms. The van der Waals surface area contributed by atoms with Gasteiger partial charge in [-0.1, -0.05) is 50.6 Å². The standard InChI is InChI=1S/C18H24N2S/c1-13-6-5-7-14(8-13)18(11-19-12-18)9-16-20-15(10-21-16)17(2,3)4/h5-8,10,19H,9,11-12H2,1-4H3. The van der Waals surface area contributed by atoms with Gasteiger partial charge in [0.2, 0.25) is 0 Å². The van der Waals surface area contributed by atoms with E-state index in [9.17, 15) is 0 Å². The molecule has 0 aliphatic carbocycles. The lowest BCUT2D eigenvalue weighted by Gasteiger charge is -2.43. The van der Waals surface area contributed by atoms with Crippen LogP contribution in [0, 0.1) is 6.92 Å². The topological polar surface area (TPSA) is 24.9 Å². The molecule has 0 unspecified atom stereocenters. The number of aromatic nitrogens is 1. The quantitative estimate of drug-likeness (QED) is 0.932. The Morgan fingerprint density at radius 1 is 1.29 bits per heavy atom. The predicted molar refractivity (Wildman–Crippen MR) is 90.2 cm³/mol. The van der Waals surface area contributed by atoms with Gasteiger partial charge in [-0.2, -0.15) is 0 Å².